The second kappa shape index (κ2) is 7.12. The van der Waals surface area contributed by atoms with Gasteiger partial charge in [0, 0.05) is 12.1 Å². The zero-order valence-corrected chi connectivity index (χ0v) is 14.9. The predicted octanol–water partition coefficient (Wildman–Crippen LogP) is 5.02. The zero-order valence-electron chi connectivity index (χ0n) is 13.3. The topological polar surface area (TPSA) is 63.4 Å². The van der Waals surface area contributed by atoms with Crippen molar-refractivity contribution in [2.24, 2.45) is 0 Å². The molecule has 3 rings (SSSR count). The van der Waals surface area contributed by atoms with E-state index >= 15 is 0 Å². The molecule has 138 valence electrons. The van der Waals surface area contributed by atoms with Crippen molar-refractivity contribution < 1.29 is 22.9 Å². The molecular formula is C17H9F3N2O3S2. The van der Waals surface area contributed by atoms with Gasteiger partial charge in [0.15, 0.2) is 4.32 Å². The van der Waals surface area contributed by atoms with Gasteiger partial charge in [-0.1, -0.05) is 30.0 Å². The minimum absolute atomic E-state index is 0.0272. The number of carbonyl (C=O) groups excluding carboxylic acids is 1. The van der Waals surface area contributed by atoms with Crippen molar-refractivity contribution in [1.82, 2.24) is 0 Å². The first-order valence-corrected chi connectivity index (χ1v) is 8.59. The van der Waals surface area contributed by atoms with Gasteiger partial charge in [-0.05, 0) is 42.0 Å². The highest BCUT2D eigenvalue weighted by molar-refractivity contribution is 8.27. The Morgan fingerprint density at radius 2 is 1.81 bits per heavy atom. The lowest BCUT2D eigenvalue weighted by molar-refractivity contribution is -0.384. The summed E-state index contributed by atoms with van der Waals surface area (Å²) in [5.41, 5.74) is -0.415. The van der Waals surface area contributed by atoms with E-state index < -0.39 is 22.6 Å². The molecule has 1 heterocycles. The molecule has 0 aliphatic carbocycles. The number of nitro benzene ring substituents is 1. The van der Waals surface area contributed by atoms with Gasteiger partial charge >= 0.3 is 6.18 Å². The van der Waals surface area contributed by atoms with Crippen molar-refractivity contribution in [2.75, 3.05) is 4.90 Å². The summed E-state index contributed by atoms with van der Waals surface area (Å²) < 4.78 is 38.8. The molecular weight excluding hydrogens is 401 g/mol. The summed E-state index contributed by atoms with van der Waals surface area (Å²) in [5.74, 6) is -0.553. The molecule has 0 bridgehead atoms. The van der Waals surface area contributed by atoms with Crippen LogP contribution in [0.1, 0.15) is 11.1 Å². The maximum absolute atomic E-state index is 12.9. The Morgan fingerprint density at radius 1 is 1.15 bits per heavy atom. The van der Waals surface area contributed by atoms with Crippen molar-refractivity contribution in [3.05, 3.63) is 74.7 Å². The highest BCUT2D eigenvalue weighted by Gasteiger charge is 2.36. The molecule has 0 N–H and O–H groups in total. The summed E-state index contributed by atoms with van der Waals surface area (Å²) >= 11 is 6.09. The number of carbonyl (C=O) groups is 1. The number of amides is 1. The Bertz CT molecular complexity index is 972. The SMILES string of the molecule is O=C1C(=Cc2ccc([N+](=O)[O-])cc2)SC(=S)N1c1cccc(C(F)(F)F)c1. The van der Waals surface area contributed by atoms with Gasteiger partial charge in [-0.3, -0.25) is 19.8 Å². The number of nitrogens with zero attached hydrogens (tertiary/aromatic N) is 2. The summed E-state index contributed by atoms with van der Waals surface area (Å²) in [4.78, 5) is 24.0. The second-order valence-corrected chi connectivity index (χ2v) is 7.09. The molecule has 1 aliphatic rings. The number of nitro groups is 1. The average molecular weight is 410 g/mol. The third kappa shape index (κ3) is 4.01. The number of non-ortho nitro benzene ring substituents is 1. The summed E-state index contributed by atoms with van der Waals surface area (Å²) in [7, 11) is 0. The lowest BCUT2D eigenvalue weighted by atomic mass is 10.1. The van der Waals surface area contributed by atoms with Gasteiger partial charge in [-0.2, -0.15) is 13.2 Å². The monoisotopic (exact) mass is 410 g/mol. The van der Waals surface area contributed by atoms with Crippen LogP contribution in [0.25, 0.3) is 6.08 Å². The number of hydrogen-bond acceptors (Lipinski definition) is 5. The number of rotatable bonds is 3. The Kier molecular flexibility index (Phi) is 5.03. The zero-order chi connectivity index (χ0) is 19.8. The van der Waals surface area contributed by atoms with E-state index in [4.69, 9.17) is 12.2 Å². The van der Waals surface area contributed by atoms with E-state index in [-0.39, 0.29) is 20.6 Å². The number of hydrogen-bond donors (Lipinski definition) is 0. The van der Waals surface area contributed by atoms with Crippen LogP contribution in [0, 0.1) is 10.1 Å². The van der Waals surface area contributed by atoms with Crippen molar-refractivity contribution in [1.29, 1.82) is 0 Å². The first kappa shape index (κ1) is 19.1. The van der Waals surface area contributed by atoms with Crippen LogP contribution >= 0.6 is 24.0 Å². The van der Waals surface area contributed by atoms with Gasteiger partial charge < -0.3 is 0 Å². The predicted molar refractivity (Wildman–Crippen MR) is 100 cm³/mol. The average Bonchev–Trinajstić information content (AvgIpc) is 2.88. The molecule has 1 amide bonds. The molecule has 1 fully saturated rings. The van der Waals surface area contributed by atoms with Crippen molar-refractivity contribution in [3.8, 4) is 0 Å². The highest BCUT2D eigenvalue weighted by atomic mass is 32.2. The van der Waals surface area contributed by atoms with Crippen LogP contribution in [-0.2, 0) is 11.0 Å². The molecule has 0 atom stereocenters. The quantitative estimate of drug-likeness (QED) is 0.308. The standard InChI is InChI=1S/C17H9F3N2O3S2/c18-17(19,20)11-2-1-3-13(9-11)21-15(23)14(27-16(21)26)8-10-4-6-12(7-5-10)22(24)25/h1-9H. The molecule has 0 radical (unpaired) electrons. The molecule has 2 aromatic carbocycles. The van der Waals surface area contributed by atoms with Gasteiger partial charge in [0.25, 0.3) is 11.6 Å². The smallest absolute Gasteiger partial charge is 0.268 e. The highest BCUT2D eigenvalue weighted by Crippen LogP contribution is 2.38. The summed E-state index contributed by atoms with van der Waals surface area (Å²) in [6.07, 6.45) is -3.05. The van der Waals surface area contributed by atoms with E-state index in [2.05, 4.69) is 0 Å². The number of benzene rings is 2. The number of anilines is 1. The number of alkyl halides is 3. The Labute approximate surface area is 160 Å². The molecule has 27 heavy (non-hydrogen) atoms. The van der Waals surface area contributed by atoms with E-state index in [1.165, 1.54) is 42.5 Å². The van der Waals surface area contributed by atoms with E-state index in [9.17, 15) is 28.1 Å². The molecule has 10 heteroatoms. The van der Waals surface area contributed by atoms with E-state index in [0.717, 1.165) is 28.8 Å². The minimum atomic E-state index is -4.54. The van der Waals surface area contributed by atoms with Crippen molar-refractivity contribution in [3.63, 3.8) is 0 Å². The van der Waals surface area contributed by atoms with E-state index in [1.807, 2.05) is 0 Å². The van der Waals surface area contributed by atoms with Gasteiger partial charge in [0.2, 0.25) is 0 Å². The second-order valence-electron chi connectivity index (χ2n) is 5.41. The number of thioether (sulfide) groups is 1. The maximum atomic E-state index is 12.9. The van der Waals surface area contributed by atoms with Gasteiger partial charge in [0.05, 0.1) is 21.1 Å². The molecule has 5 nitrogen and oxygen atoms in total. The molecule has 1 saturated heterocycles. The van der Waals surface area contributed by atoms with Crippen LogP contribution in [0.15, 0.2) is 53.4 Å². The molecule has 0 aromatic heterocycles. The van der Waals surface area contributed by atoms with Crippen LogP contribution in [0.4, 0.5) is 24.5 Å². The van der Waals surface area contributed by atoms with Gasteiger partial charge in [0.1, 0.15) is 0 Å². The maximum Gasteiger partial charge on any atom is 0.416 e. The van der Waals surface area contributed by atoms with Crippen molar-refractivity contribution >= 4 is 51.7 Å². The third-order valence-corrected chi connectivity index (χ3v) is 4.93. The van der Waals surface area contributed by atoms with Crippen LogP contribution < -0.4 is 4.90 Å². The summed E-state index contributed by atoms with van der Waals surface area (Å²) in [6, 6.07) is 9.86. The normalized spacial score (nSPS) is 16.3. The number of halogens is 3. The van der Waals surface area contributed by atoms with Crippen LogP contribution in [0.5, 0.6) is 0 Å². The molecule has 0 saturated carbocycles. The first-order chi connectivity index (χ1) is 12.7. The molecule has 1 aliphatic heterocycles. The fraction of sp³-hybridized carbons (Fsp3) is 0.0588. The molecule has 0 unspecified atom stereocenters. The van der Waals surface area contributed by atoms with Crippen LogP contribution in [0.3, 0.4) is 0 Å². The van der Waals surface area contributed by atoms with Crippen LogP contribution in [-0.4, -0.2) is 15.2 Å². The van der Waals surface area contributed by atoms with E-state index in [1.54, 1.807) is 0 Å². The Morgan fingerprint density at radius 3 is 2.41 bits per heavy atom. The van der Waals surface area contributed by atoms with Crippen LogP contribution in [0.2, 0.25) is 0 Å². The lowest BCUT2D eigenvalue weighted by Crippen LogP contribution is -2.27. The van der Waals surface area contributed by atoms with Gasteiger partial charge in [-0.15, -0.1) is 0 Å². The molecule has 0 spiro atoms. The number of thiocarbonyl (C=S) groups is 1. The Hall–Kier alpha value is -2.72. The van der Waals surface area contributed by atoms with Gasteiger partial charge in [-0.25, -0.2) is 0 Å². The molecule has 2 aromatic rings. The fourth-order valence-electron chi connectivity index (χ4n) is 2.36. The lowest BCUT2D eigenvalue weighted by Gasteiger charge is -2.16. The first-order valence-electron chi connectivity index (χ1n) is 7.36. The van der Waals surface area contributed by atoms with E-state index in [0.29, 0.717) is 5.56 Å². The van der Waals surface area contributed by atoms with Crippen molar-refractivity contribution in [2.45, 2.75) is 6.18 Å². The largest absolute Gasteiger partial charge is 0.416 e. The summed E-state index contributed by atoms with van der Waals surface area (Å²) in [5, 5.41) is 10.7. The fourth-order valence-corrected chi connectivity index (χ4v) is 3.65. The third-order valence-electron chi connectivity index (χ3n) is 3.63. The summed E-state index contributed by atoms with van der Waals surface area (Å²) in [6.45, 7) is 0. The minimum Gasteiger partial charge on any atom is -0.268 e. The Balaban J connectivity index is 1.90.